The van der Waals surface area contributed by atoms with Crippen LogP contribution in [0.4, 0.5) is 0 Å². The summed E-state index contributed by atoms with van der Waals surface area (Å²) in [6.07, 6.45) is 3.31. The molecule has 0 radical (unpaired) electrons. The molecule has 0 aliphatic carbocycles. The van der Waals surface area contributed by atoms with E-state index in [4.69, 9.17) is 0 Å². The minimum atomic E-state index is -3.56. The molecule has 1 aromatic carbocycles. The molecular formula is C14H15BrN2O2S. The van der Waals surface area contributed by atoms with Crippen molar-refractivity contribution in [1.29, 1.82) is 0 Å². The second-order valence-electron chi connectivity index (χ2n) is 4.59. The Labute approximate surface area is 127 Å². The molecule has 0 aliphatic heterocycles. The van der Waals surface area contributed by atoms with Gasteiger partial charge < -0.3 is 0 Å². The summed E-state index contributed by atoms with van der Waals surface area (Å²) in [7, 11) is -3.56. The monoisotopic (exact) mass is 354 g/mol. The van der Waals surface area contributed by atoms with E-state index in [2.05, 4.69) is 25.6 Å². The highest BCUT2D eigenvalue weighted by Crippen LogP contribution is 2.21. The molecule has 4 nitrogen and oxygen atoms in total. The van der Waals surface area contributed by atoms with Crippen LogP contribution in [0.15, 0.2) is 52.1 Å². The van der Waals surface area contributed by atoms with Crippen molar-refractivity contribution >= 4 is 26.0 Å². The number of benzene rings is 1. The molecule has 20 heavy (non-hydrogen) atoms. The number of rotatable bonds is 4. The number of pyridine rings is 1. The Morgan fingerprint density at radius 3 is 2.65 bits per heavy atom. The van der Waals surface area contributed by atoms with Gasteiger partial charge >= 0.3 is 0 Å². The molecule has 1 atom stereocenters. The standard InChI is InChI=1S/C14H15BrN2O2S/c1-10-6-13(15)8-14(7-10)20(18,19)17-11(2)12-4-3-5-16-9-12/h3-9,11,17H,1-2H3. The van der Waals surface area contributed by atoms with E-state index in [1.165, 1.54) is 0 Å². The zero-order valence-corrected chi connectivity index (χ0v) is 13.6. The molecule has 0 amide bonds. The zero-order chi connectivity index (χ0) is 14.8. The van der Waals surface area contributed by atoms with Crippen LogP contribution in [0.2, 0.25) is 0 Å². The van der Waals surface area contributed by atoms with Crippen LogP contribution in [-0.2, 0) is 10.0 Å². The molecular weight excluding hydrogens is 340 g/mol. The molecule has 2 rings (SSSR count). The summed E-state index contributed by atoms with van der Waals surface area (Å²) in [4.78, 5) is 4.24. The third-order valence-corrected chi connectivity index (χ3v) is 4.82. The SMILES string of the molecule is Cc1cc(Br)cc(S(=O)(=O)NC(C)c2cccnc2)c1. The van der Waals surface area contributed by atoms with Crippen molar-refractivity contribution in [3.63, 3.8) is 0 Å². The fourth-order valence-corrected chi connectivity index (χ4v) is 3.98. The normalized spacial score (nSPS) is 13.2. The van der Waals surface area contributed by atoms with E-state index in [1.54, 1.807) is 37.5 Å². The van der Waals surface area contributed by atoms with Crippen LogP contribution in [0, 0.1) is 6.92 Å². The van der Waals surface area contributed by atoms with E-state index < -0.39 is 10.0 Å². The van der Waals surface area contributed by atoms with Crippen LogP contribution >= 0.6 is 15.9 Å². The van der Waals surface area contributed by atoms with Gasteiger partial charge in [0.2, 0.25) is 10.0 Å². The highest BCUT2D eigenvalue weighted by Gasteiger charge is 2.19. The molecule has 106 valence electrons. The lowest BCUT2D eigenvalue weighted by Crippen LogP contribution is -2.27. The quantitative estimate of drug-likeness (QED) is 0.916. The van der Waals surface area contributed by atoms with Gasteiger partial charge in [-0.1, -0.05) is 22.0 Å². The van der Waals surface area contributed by atoms with Gasteiger partial charge in [0.25, 0.3) is 0 Å². The summed E-state index contributed by atoms with van der Waals surface area (Å²) in [5, 5.41) is 0. The van der Waals surface area contributed by atoms with Gasteiger partial charge in [0.1, 0.15) is 0 Å². The molecule has 0 bridgehead atoms. The Morgan fingerprint density at radius 1 is 1.30 bits per heavy atom. The Balaban J connectivity index is 2.27. The zero-order valence-electron chi connectivity index (χ0n) is 11.2. The molecule has 1 heterocycles. The summed E-state index contributed by atoms with van der Waals surface area (Å²) in [6.45, 7) is 3.65. The van der Waals surface area contributed by atoms with Crippen molar-refractivity contribution in [2.75, 3.05) is 0 Å². The Morgan fingerprint density at radius 2 is 2.05 bits per heavy atom. The number of halogens is 1. The maximum Gasteiger partial charge on any atom is 0.241 e. The predicted molar refractivity (Wildman–Crippen MR) is 81.9 cm³/mol. The van der Waals surface area contributed by atoms with Crippen LogP contribution in [0.5, 0.6) is 0 Å². The molecule has 0 aliphatic rings. The lowest BCUT2D eigenvalue weighted by molar-refractivity contribution is 0.566. The Bertz CT molecular complexity index is 682. The second-order valence-corrected chi connectivity index (χ2v) is 7.22. The van der Waals surface area contributed by atoms with E-state index >= 15 is 0 Å². The van der Waals surface area contributed by atoms with Gasteiger partial charge in [0, 0.05) is 22.9 Å². The van der Waals surface area contributed by atoms with Gasteiger partial charge in [-0.15, -0.1) is 0 Å². The van der Waals surface area contributed by atoms with Crippen molar-refractivity contribution in [3.8, 4) is 0 Å². The first-order valence-corrected chi connectivity index (χ1v) is 8.35. The van der Waals surface area contributed by atoms with E-state index in [-0.39, 0.29) is 10.9 Å². The van der Waals surface area contributed by atoms with Crippen molar-refractivity contribution in [3.05, 3.63) is 58.3 Å². The van der Waals surface area contributed by atoms with Crippen molar-refractivity contribution in [2.45, 2.75) is 24.8 Å². The number of nitrogens with zero attached hydrogens (tertiary/aromatic N) is 1. The predicted octanol–water partition coefficient (Wildman–Crippen LogP) is 3.19. The fourth-order valence-electron chi connectivity index (χ4n) is 1.86. The van der Waals surface area contributed by atoms with Crippen LogP contribution in [0.1, 0.15) is 24.1 Å². The largest absolute Gasteiger partial charge is 0.264 e. The first kappa shape index (κ1) is 15.2. The average Bonchev–Trinajstić information content (AvgIpc) is 2.38. The molecule has 0 saturated carbocycles. The number of hydrogen-bond acceptors (Lipinski definition) is 3. The van der Waals surface area contributed by atoms with Gasteiger partial charge in [-0.2, -0.15) is 0 Å². The third-order valence-electron chi connectivity index (χ3n) is 2.84. The van der Waals surface area contributed by atoms with E-state index in [0.717, 1.165) is 15.6 Å². The van der Waals surface area contributed by atoms with Crippen LogP contribution in [0.3, 0.4) is 0 Å². The van der Waals surface area contributed by atoms with Gasteiger partial charge in [0.05, 0.1) is 4.90 Å². The molecule has 1 N–H and O–H groups in total. The second kappa shape index (κ2) is 6.03. The summed E-state index contributed by atoms with van der Waals surface area (Å²) in [5.41, 5.74) is 1.71. The van der Waals surface area contributed by atoms with E-state index in [0.29, 0.717) is 0 Å². The maximum atomic E-state index is 12.4. The highest BCUT2D eigenvalue weighted by atomic mass is 79.9. The van der Waals surface area contributed by atoms with Gasteiger partial charge in [-0.05, 0) is 49.2 Å². The number of sulfonamides is 1. The highest BCUT2D eigenvalue weighted by molar-refractivity contribution is 9.10. The van der Waals surface area contributed by atoms with Crippen LogP contribution in [-0.4, -0.2) is 13.4 Å². The Hall–Kier alpha value is -1.24. The number of hydrogen-bond donors (Lipinski definition) is 1. The Kier molecular flexibility index (Phi) is 4.57. The minimum absolute atomic E-state index is 0.250. The van der Waals surface area contributed by atoms with Crippen LogP contribution in [0.25, 0.3) is 0 Å². The molecule has 0 spiro atoms. The van der Waals surface area contributed by atoms with Gasteiger partial charge in [-0.3, -0.25) is 4.98 Å². The molecule has 0 saturated heterocycles. The molecule has 0 fully saturated rings. The molecule has 1 unspecified atom stereocenters. The third kappa shape index (κ3) is 3.65. The van der Waals surface area contributed by atoms with Crippen molar-refractivity contribution in [1.82, 2.24) is 9.71 Å². The van der Waals surface area contributed by atoms with Crippen LogP contribution < -0.4 is 4.72 Å². The summed E-state index contributed by atoms with van der Waals surface area (Å²) in [5.74, 6) is 0. The van der Waals surface area contributed by atoms with Gasteiger partial charge in [0.15, 0.2) is 0 Å². The van der Waals surface area contributed by atoms with E-state index in [9.17, 15) is 8.42 Å². The topological polar surface area (TPSA) is 59.1 Å². The number of aryl methyl sites for hydroxylation is 1. The first-order valence-electron chi connectivity index (χ1n) is 6.08. The lowest BCUT2D eigenvalue weighted by atomic mass is 10.2. The van der Waals surface area contributed by atoms with Crippen molar-refractivity contribution in [2.24, 2.45) is 0 Å². The number of aromatic nitrogens is 1. The maximum absolute atomic E-state index is 12.4. The minimum Gasteiger partial charge on any atom is -0.264 e. The van der Waals surface area contributed by atoms with Crippen molar-refractivity contribution < 1.29 is 8.42 Å². The smallest absolute Gasteiger partial charge is 0.241 e. The molecule has 6 heteroatoms. The summed E-state index contributed by atoms with van der Waals surface area (Å²) < 4.78 is 28.1. The molecule has 2 aromatic rings. The number of nitrogens with one attached hydrogen (secondary N) is 1. The van der Waals surface area contributed by atoms with E-state index in [1.807, 2.05) is 19.1 Å². The summed E-state index contributed by atoms with van der Waals surface area (Å²) in [6, 6.07) is 8.38. The summed E-state index contributed by atoms with van der Waals surface area (Å²) >= 11 is 3.31. The fraction of sp³-hybridized carbons (Fsp3) is 0.214. The lowest BCUT2D eigenvalue weighted by Gasteiger charge is -2.14. The first-order chi connectivity index (χ1) is 9.38. The average molecular weight is 355 g/mol. The molecule has 1 aromatic heterocycles. The van der Waals surface area contributed by atoms with Gasteiger partial charge in [-0.25, -0.2) is 13.1 Å².